The van der Waals surface area contributed by atoms with Crippen LogP contribution in [-0.2, 0) is 19.7 Å². The number of thiophene rings is 1. The van der Waals surface area contributed by atoms with Gasteiger partial charge < -0.3 is 9.47 Å². The maximum atomic E-state index is 14.2. The highest BCUT2D eigenvalue weighted by Gasteiger charge is 2.52. The number of hydrogen-bond acceptors (Lipinski definition) is 5. The van der Waals surface area contributed by atoms with Gasteiger partial charge in [-0.15, -0.1) is 11.3 Å². The van der Waals surface area contributed by atoms with Gasteiger partial charge in [-0.1, -0.05) is 60.7 Å². The first-order chi connectivity index (χ1) is 18.8. The van der Waals surface area contributed by atoms with Crippen LogP contribution < -0.4 is 5.32 Å². The number of benzene rings is 3. The van der Waals surface area contributed by atoms with Crippen LogP contribution in [0.3, 0.4) is 0 Å². The topological polar surface area (TPSA) is 64.6 Å². The molecule has 1 atom stereocenters. The van der Waals surface area contributed by atoms with Gasteiger partial charge in [0.25, 0.3) is 0 Å². The van der Waals surface area contributed by atoms with Crippen LogP contribution in [0.4, 0.5) is 19.3 Å². The molecule has 4 aromatic rings. The fraction of sp³-hybridized carbons (Fsp3) is 0.226. The molecule has 5 nitrogen and oxygen atoms in total. The van der Waals surface area contributed by atoms with E-state index in [1.807, 2.05) is 55.5 Å². The number of amides is 1. The third-order valence-corrected chi connectivity index (χ3v) is 7.87. The Labute approximate surface area is 229 Å². The van der Waals surface area contributed by atoms with E-state index in [1.165, 1.54) is 18.2 Å². The normalized spacial score (nSPS) is 14.4. The molecule has 1 aliphatic rings. The van der Waals surface area contributed by atoms with Gasteiger partial charge in [0.05, 0.1) is 22.6 Å². The highest BCUT2D eigenvalue weighted by molar-refractivity contribution is 7.14. The first kappa shape index (κ1) is 26.6. The molecular formula is C31H27F2NO4S. The lowest BCUT2D eigenvalue weighted by molar-refractivity contribution is -0.146. The first-order valence-corrected chi connectivity index (χ1v) is 13.5. The lowest BCUT2D eigenvalue weighted by Crippen LogP contribution is -2.23. The summed E-state index contributed by atoms with van der Waals surface area (Å²) in [5.41, 5.74) is 4.09. The number of nitrogens with one attached hydrogen (secondary N) is 1. The number of hydrogen-bond donors (Lipinski definition) is 1. The van der Waals surface area contributed by atoms with Crippen LogP contribution in [0.2, 0.25) is 0 Å². The molecule has 0 unspecified atom stereocenters. The van der Waals surface area contributed by atoms with E-state index in [0.717, 1.165) is 46.4 Å². The number of carbonyl (C=O) groups excluding carboxylic acids is 2. The summed E-state index contributed by atoms with van der Waals surface area (Å²) in [6.45, 7) is 3.85. The Bertz CT molecular complexity index is 1480. The van der Waals surface area contributed by atoms with Crippen LogP contribution in [-0.4, -0.2) is 18.7 Å². The Morgan fingerprint density at radius 1 is 0.923 bits per heavy atom. The van der Waals surface area contributed by atoms with E-state index in [0.29, 0.717) is 22.7 Å². The van der Waals surface area contributed by atoms with Crippen LogP contribution in [0.5, 0.6) is 0 Å². The van der Waals surface area contributed by atoms with Crippen molar-refractivity contribution < 1.29 is 27.8 Å². The predicted octanol–water partition coefficient (Wildman–Crippen LogP) is 8.26. The quantitative estimate of drug-likeness (QED) is 0.226. The molecule has 200 valence electrons. The molecule has 8 heteroatoms. The van der Waals surface area contributed by atoms with E-state index < -0.39 is 22.7 Å². The van der Waals surface area contributed by atoms with Crippen molar-refractivity contribution in [2.75, 3.05) is 11.9 Å². The van der Waals surface area contributed by atoms with Crippen LogP contribution >= 0.6 is 11.3 Å². The second-order valence-corrected chi connectivity index (χ2v) is 10.5. The van der Waals surface area contributed by atoms with Crippen molar-refractivity contribution >= 4 is 29.1 Å². The lowest BCUT2D eigenvalue weighted by Gasteiger charge is -2.15. The molecule has 1 saturated carbocycles. The third kappa shape index (κ3) is 5.71. The van der Waals surface area contributed by atoms with Gasteiger partial charge in [-0.2, -0.15) is 4.39 Å². The van der Waals surface area contributed by atoms with Gasteiger partial charge in [0.15, 0.2) is 5.13 Å². The molecule has 0 bridgehead atoms. The monoisotopic (exact) mass is 547 g/mol. The van der Waals surface area contributed by atoms with Gasteiger partial charge in [-0.3, -0.25) is 10.1 Å². The molecule has 1 heterocycles. The van der Waals surface area contributed by atoms with Gasteiger partial charge in [-0.25, -0.2) is 9.18 Å². The van der Waals surface area contributed by atoms with Crippen molar-refractivity contribution in [1.29, 1.82) is 0 Å². The largest absolute Gasteiger partial charge is 0.465 e. The molecule has 1 fully saturated rings. The number of carbonyl (C=O) groups is 2. The Morgan fingerprint density at radius 2 is 1.51 bits per heavy atom. The molecule has 5 rings (SSSR count). The smallest absolute Gasteiger partial charge is 0.412 e. The summed E-state index contributed by atoms with van der Waals surface area (Å²) in [7, 11) is 0. The highest BCUT2D eigenvalue weighted by atomic mass is 32.1. The van der Waals surface area contributed by atoms with Crippen LogP contribution in [0, 0.1) is 10.9 Å². The Morgan fingerprint density at radius 3 is 2.10 bits per heavy atom. The van der Waals surface area contributed by atoms with Crippen molar-refractivity contribution in [3.63, 3.8) is 0 Å². The maximum absolute atomic E-state index is 14.2. The summed E-state index contributed by atoms with van der Waals surface area (Å²) in [6, 6.07) is 22.5. The Kier molecular flexibility index (Phi) is 7.48. The molecule has 0 saturated heterocycles. The van der Waals surface area contributed by atoms with Crippen LogP contribution in [0.25, 0.3) is 21.6 Å². The van der Waals surface area contributed by atoms with E-state index >= 15 is 0 Å². The number of anilines is 1. The fourth-order valence-electron chi connectivity index (χ4n) is 4.57. The summed E-state index contributed by atoms with van der Waals surface area (Å²) in [4.78, 5) is 25.5. The molecule has 0 radical (unpaired) electrons. The Balaban J connectivity index is 1.28. The molecule has 0 aliphatic heterocycles. The minimum absolute atomic E-state index is 0.163. The molecule has 1 amide bonds. The summed E-state index contributed by atoms with van der Waals surface area (Å²) in [6.07, 6.45) is 0.243. The van der Waals surface area contributed by atoms with E-state index in [4.69, 9.17) is 9.47 Å². The third-order valence-electron chi connectivity index (χ3n) is 6.90. The fourth-order valence-corrected chi connectivity index (χ4v) is 5.42. The van der Waals surface area contributed by atoms with Crippen molar-refractivity contribution in [2.24, 2.45) is 0 Å². The van der Waals surface area contributed by atoms with E-state index in [1.54, 1.807) is 19.1 Å². The molecule has 3 aromatic carbocycles. The minimum Gasteiger partial charge on any atom is -0.465 e. The van der Waals surface area contributed by atoms with Crippen LogP contribution in [0.15, 0.2) is 78.9 Å². The second kappa shape index (κ2) is 11.0. The average Bonchev–Trinajstić information content (AvgIpc) is 3.67. The molecule has 0 spiro atoms. The zero-order valence-corrected chi connectivity index (χ0v) is 22.3. The molecular weight excluding hydrogens is 520 g/mol. The SMILES string of the molecule is CCOC(=O)C1(c2ccc(-c3ccc(-c4sc(F)cc4NC(=O)O[C@H](C)c4ccc(F)cc4)cc3)cc2)CC1. The minimum atomic E-state index is -0.737. The zero-order valence-electron chi connectivity index (χ0n) is 21.5. The lowest BCUT2D eigenvalue weighted by atomic mass is 9.93. The summed E-state index contributed by atoms with van der Waals surface area (Å²) >= 11 is 0.924. The van der Waals surface area contributed by atoms with E-state index in [2.05, 4.69) is 5.32 Å². The van der Waals surface area contributed by atoms with Gasteiger partial charge >= 0.3 is 12.1 Å². The van der Waals surface area contributed by atoms with Gasteiger partial charge in [0.1, 0.15) is 11.9 Å². The summed E-state index contributed by atoms with van der Waals surface area (Å²) in [5, 5.41) is 2.19. The highest BCUT2D eigenvalue weighted by Crippen LogP contribution is 2.49. The molecule has 1 aromatic heterocycles. The van der Waals surface area contributed by atoms with Gasteiger partial charge in [0.2, 0.25) is 0 Å². The predicted molar refractivity (Wildman–Crippen MR) is 148 cm³/mol. The average molecular weight is 548 g/mol. The summed E-state index contributed by atoms with van der Waals surface area (Å²) in [5.74, 6) is -0.541. The first-order valence-electron chi connectivity index (χ1n) is 12.7. The van der Waals surface area contributed by atoms with Gasteiger partial charge in [0, 0.05) is 6.07 Å². The van der Waals surface area contributed by atoms with Crippen molar-refractivity contribution in [3.05, 3.63) is 101 Å². The van der Waals surface area contributed by atoms with Crippen molar-refractivity contribution in [1.82, 2.24) is 0 Å². The van der Waals surface area contributed by atoms with Crippen LogP contribution in [0.1, 0.15) is 43.9 Å². The standard InChI is InChI=1S/C31H27F2NO4S/c1-3-37-29(35)31(16-17-31)24-12-8-22(9-13-24)21-4-6-23(7-5-21)28-26(18-27(33)39-28)34-30(36)38-19(2)20-10-14-25(32)15-11-20/h4-15,18-19H,3,16-17H2,1-2H3,(H,34,36)/t19-/m1/s1. The molecule has 39 heavy (non-hydrogen) atoms. The van der Waals surface area contributed by atoms with E-state index in [9.17, 15) is 18.4 Å². The van der Waals surface area contributed by atoms with E-state index in [-0.39, 0.29) is 11.8 Å². The number of rotatable bonds is 8. The Hall–Kier alpha value is -4.04. The van der Waals surface area contributed by atoms with Crippen molar-refractivity contribution in [2.45, 2.75) is 38.2 Å². The number of ether oxygens (including phenoxy) is 2. The second-order valence-electron chi connectivity index (χ2n) is 9.47. The summed E-state index contributed by atoms with van der Waals surface area (Å²) < 4.78 is 38.1. The zero-order chi connectivity index (χ0) is 27.6. The number of halogens is 2. The maximum Gasteiger partial charge on any atom is 0.412 e. The number of esters is 1. The molecule has 1 N–H and O–H groups in total. The molecule has 1 aliphatic carbocycles. The van der Waals surface area contributed by atoms with Gasteiger partial charge in [-0.05, 0) is 66.6 Å². The van der Waals surface area contributed by atoms with Crippen molar-refractivity contribution in [3.8, 4) is 21.6 Å².